The quantitative estimate of drug-likeness (QED) is 0.528. The lowest BCUT2D eigenvalue weighted by atomic mass is 10.00. The van der Waals surface area contributed by atoms with Gasteiger partial charge in [0.15, 0.2) is 0 Å². The summed E-state index contributed by atoms with van der Waals surface area (Å²) in [4.78, 5) is 8.09. The van der Waals surface area contributed by atoms with E-state index < -0.39 is 0 Å². The average molecular weight is 371 g/mol. The SMILES string of the molecule is CC(C)=CC(=NN(C)C1=NCCN1)c1c(-c2ccccc2)[nH]c2ccccc12. The predicted octanol–water partition coefficient (Wildman–Crippen LogP) is 4.40. The molecule has 1 aliphatic rings. The van der Waals surface area contributed by atoms with Crippen LogP contribution in [0.2, 0.25) is 0 Å². The van der Waals surface area contributed by atoms with Crippen molar-refractivity contribution in [3.8, 4) is 11.3 Å². The smallest absolute Gasteiger partial charge is 0.214 e. The van der Waals surface area contributed by atoms with Gasteiger partial charge in [-0.15, -0.1) is 0 Å². The molecule has 5 heteroatoms. The number of nitrogens with zero attached hydrogens (tertiary/aromatic N) is 3. The van der Waals surface area contributed by atoms with E-state index in [4.69, 9.17) is 5.10 Å². The summed E-state index contributed by atoms with van der Waals surface area (Å²) in [6, 6.07) is 18.8. The predicted molar refractivity (Wildman–Crippen MR) is 118 cm³/mol. The van der Waals surface area contributed by atoms with Gasteiger partial charge in [0.2, 0.25) is 5.96 Å². The Morgan fingerprint density at radius 2 is 1.82 bits per heavy atom. The third-order valence-electron chi connectivity index (χ3n) is 4.67. The molecule has 0 fully saturated rings. The maximum absolute atomic E-state index is 4.94. The van der Waals surface area contributed by atoms with Crippen LogP contribution < -0.4 is 5.32 Å². The summed E-state index contributed by atoms with van der Waals surface area (Å²) in [5.41, 5.74) is 6.53. The molecule has 2 N–H and O–H groups in total. The highest BCUT2D eigenvalue weighted by Crippen LogP contribution is 2.31. The molecular formula is C23H25N5. The van der Waals surface area contributed by atoms with Gasteiger partial charge in [-0.1, -0.05) is 54.1 Å². The number of allylic oxidation sites excluding steroid dienone is 2. The van der Waals surface area contributed by atoms with Crippen molar-refractivity contribution in [2.24, 2.45) is 10.1 Å². The van der Waals surface area contributed by atoms with E-state index in [0.717, 1.165) is 52.5 Å². The summed E-state index contributed by atoms with van der Waals surface area (Å²) in [5.74, 6) is 0.806. The molecule has 2 heterocycles. The zero-order chi connectivity index (χ0) is 19.5. The highest BCUT2D eigenvalue weighted by Gasteiger charge is 2.19. The second-order valence-corrected chi connectivity index (χ2v) is 7.15. The minimum absolute atomic E-state index is 0.787. The van der Waals surface area contributed by atoms with E-state index in [1.165, 1.54) is 5.57 Å². The minimum Gasteiger partial charge on any atom is -0.354 e. The number of H-pyrrole nitrogens is 1. The number of hydrazone groups is 1. The molecule has 3 aromatic rings. The number of benzene rings is 2. The monoisotopic (exact) mass is 371 g/mol. The van der Waals surface area contributed by atoms with Crippen LogP contribution in [0.1, 0.15) is 19.4 Å². The van der Waals surface area contributed by atoms with E-state index in [-0.39, 0.29) is 0 Å². The molecule has 0 unspecified atom stereocenters. The molecule has 2 aromatic carbocycles. The van der Waals surface area contributed by atoms with Crippen molar-refractivity contribution in [1.82, 2.24) is 15.3 Å². The Bertz CT molecular complexity index is 1070. The lowest BCUT2D eigenvalue weighted by Gasteiger charge is -2.15. The molecule has 0 aliphatic carbocycles. The Morgan fingerprint density at radius 1 is 1.07 bits per heavy atom. The van der Waals surface area contributed by atoms with Gasteiger partial charge in [0.1, 0.15) is 0 Å². The second-order valence-electron chi connectivity index (χ2n) is 7.15. The van der Waals surface area contributed by atoms with E-state index in [1.54, 1.807) is 0 Å². The molecule has 0 amide bonds. The van der Waals surface area contributed by atoms with Crippen LogP contribution in [0.5, 0.6) is 0 Å². The summed E-state index contributed by atoms with van der Waals surface area (Å²) < 4.78 is 0. The molecule has 142 valence electrons. The third-order valence-corrected chi connectivity index (χ3v) is 4.67. The molecule has 0 saturated heterocycles. The molecule has 0 radical (unpaired) electrons. The Morgan fingerprint density at radius 3 is 2.54 bits per heavy atom. The van der Waals surface area contributed by atoms with E-state index in [2.05, 4.69) is 83.7 Å². The normalized spacial score (nSPS) is 14.0. The number of hydrogen-bond donors (Lipinski definition) is 2. The first-order valence-corrected chi connectivity index (χ1v) is 9.55. The summed E-state index contributed by atoms with van der Waals surface area (Å²) in [7, 11) is 1.94. The van der Waals surface area contributed by atoms with Crippen molar-refractivity contribution in [3.05, 3.63) is 71.8 Å². The van der Waals surface area contributed by atoms with Crippen LogP contribution in [0.3, 0.4) is 0 Å². The molecule has 5 nitrogen and oxygen atoms in total. The maximum Gasteiger partial charge on any atom is 0.214 e. The lowest BCUT2D eigenvalue weighted by molar-refractivity contribution is 0.528. The summed E-state index contributed by atoms with van der Waals surface area (Å²) in [5, 5.41) is 11.2. The molecule has 0 bridgehead atoms. The van der Waals surface area contributed by atoms with Crippen LogP contribution in [0.4, 0.5) is 0 Å². The van der Waals surface area contributed by atoms with Gasteiger partial charge >= 0.3 is 0 Å². The molecule has 1 aromatic heterocycles. The van der Waals surface area contributed by atoms with Gasteiger partial charge in [-0.3, -0.25) is 0 Å². The van der Waals surface area contributed by atoms with Gasteiger partial charge in [0.05, 0.1) is 18.0 Å². The topological polar surface area (TPSA) is 55.8 Å². The summed E-state index contributed by atoms with van der Waals surface area (Å²) in [6.07, 6.45) is 2.13. The zero-order valence-electron chi connectivity index (χ0n) is 16.5. The van der Waals surface area contributed by atoms with Crippen molar-refractivity contribution in [3.63, 3.8) is 0 Å². The Hall–Kier alpha value is -3.34. The highest BCUT2D eigenvalue weighted by molar-refractivity contribution is 6.20. The van der Waals surface area contributed by atoms with Crippen LogP contribution in [0.25, 0.3) is 22.2 Å². The number of aliphatic imine (C=N–C) groups is 1. The standard InChI is InChI=1S/C23H25N5/c1-16(2)15-20(27-28(3)23-24-13-14-25-23)21-18-11-7-8-12-19(18)26-22(21)17-9-5-4-6-10-17/h4-12,15,26H,13-14H2,1-3H3,(H,24,25). The highest BCUT2D eigenvalue weighted by atomic mass is 15.5. The van der Waals surface area contributed by atoms with E-state index in [1.807, 2.05) is 18.1 Å². The minimum atomic E-state index is 0.787. The maximum atomic E-state index is 4.94. The summed E-state index contributed by atoms with van der Waals surface area (Å²) >= 11 is 0. The number of fused-ring (bicyclic) bond motifs is 1. The first-order chi connectivity index (χ1) is 13.6. The molecule has 0 atom stereocenters. The lowest BCUT2D eigenvalue weighted by Crippen LogP contribution is -2.33. The molecule has 0 spiro atoms. The van der Waals surface area contributed by atoms with Crippen molar-refractivity contribution in [1.29, 1.82) is 0 Å². The number of aromatic amines is 1. The number of aromatic nitrogens is 1. The van der Waals surface area contributed by atoms with Crippen LogP contribution in [-0.2, 0) is 0 Å². The van der Waals surface area contributed by atoms with Gasteiger partial charge in [0, 0.05) is 30.1 Å². The molecular weight excluding hydrogens is 346 g/mol. The Labute approximate surface area is 165 Å². The van der Waals surface area contributed by atoms with E-state index in [9.17, 15) is 0 Å². The molecule has 28 heavy (non-hydrogen) atoms. The molecule has 4 rings (SSSR count). The van der Waals surface area contributed by atoms with Gasteiger partial charge in [0.25, 0.3) is 0 Å². The van der Waals surface area contributed by atoms with Crippen molar-refractivity contribution in [2.75, 3.05) is 20.1 Å². The van der Waals surface area contributed by atoms with Crippen LogP contribution in [-0.4, -0.2) is 41.8 Å². The second kappa shape index (κ2) is 7.72. The molecule has 1 aliphatic heterocycles. The fourth-order valence-corrected chi connectivity index (χ4v) is 3.46. The van der Waals surface area contributed by atoms with Gasteiger partial charge in [-0.2, -0.15) is 5.10 Å². The van der Waals surface area contributed by atoms with Crippen LogP contribution >= 0.6 is 0 Å². The van der Waals surface area contributed by atoms with E-state index in [0.29, 0.717) is 0 Å². The first kappa shape index (κ1) is 18.0. The largest absolute Gasteiger partial charge is 0.354 e. The van der Waals surface area contributed by atoms with Crippen LogP contribution in [0.15, 0.2) is 76.3 Å². The number of para-hydroxylation sites is 1. The number of guanidine groups is 1. The van der Waals surface area contributed by atoms with E-state index >= 15 is 0 Å². The van der Waals surface area contributed by atoms with Crippen molar-refractivity contribution in [2.45, 2.75) is 13.8 Å². The third kappa shape index (κ3) is 3.56. The Kier molecular flexibility index (Phi) is 4.98. The van der Waals surface area contributed by atoms with Crippen LogP contribution in [0, 0.1) is 0 Å². The fraction of sp³-hybridized carbons (Fsp3) is 0.217. The van der Waals surface area contributed by atoms with Gasteiger partial charge < -0.3 is 10.3 Å². The number of hydrogen-bond acceptors (Lipinski definition) is 4. The number of rotatable bonds is 4. The van der Waals surface area contributed by atoms with Crippen molar-refractivity contribution < 1.29 is 0 Å². The fourth-order valence-electron chi connectivity index (χ4n) is 3.46. The van der Waals surface area contributed by atoms with Crippen molar-refractivity contribution >= 4 is 22.6 Å². The summed E-state index contributed by atoms with van der Waals surface area (Å²) in [6.45, 7) is 5.83. The number of nitrogens with one attached hydrogen (secondary N) is 2. The van der Waals surface area contributed by atoms with Gasteiger partial charge in [-0.25, -0.2) is 10.0 Å². The van der Waals surface area contributed by atoms with Gasteiger partial charge in [-0.05, 0) is 31.6 Å². The first-order valence-electron chi connectivity index (χ1n) is 9.55. The molecule has 0 saturated carbocycles. The average Bonchev–Trinajstić information content (AvgIpc) is 3.36. The zero-order valence-corrected chi connectivity index (χ0v) is 16.5. The Balaban J connectivity index is 1.94.